The van der Waals surface area contributed by atoms with Gasteiger partial charge in [-0.2, -0.15) is 0 Å². The fraction of sp³-hybridized carbons (Fsp3) is 0.300. The van der Waals surface area contributed by atoms with Crippen molar-refractivity contribution in [3.8, 4) is 0 Å². The summed E-state index contributed by atoms with van der Waals surface area (Å²) in [6.45, 7) is 0. The summed E-state index contributed by atoms with van der Waals surface area (Å²) in [5.41, 5.74) is 1.99. The minimum Gasteiger partial charge on any atom is -0.481 e. The van der Waals surface area contributed by atoms with Crippen LogP contribution in [-0.2, 0) is 16.0 Å². The van der Waals surface area contributed by atoms with Gasteiger partial charge in [-0.1, -0.05) is 60.1 Å². The van der Waals surface area contributed by atoms with Gasteiger partial charge in [0.05, 0.1) is 6.04 Å². The van der Waals surface area contributed by atoms with Crippen molar-refractivity contribution >= 4 is 23.5 Å². The van der Waals surface area contributed by atoms with Crippen molar-refractivity contribution in [1.82, 2.24) is 5.32 Å². The zero-order valence-electron chi connectivity index (χ0n) is 14.0. The molecule has 2 aromatic rings. The second-order valence-corrected chi connectivity index (χ2v) is 6.33. The number of hydrogen-bond acceptors (Lipinski definition) is 2. The van der Waals surface area contributed by atoms with E-state index in [4.69, 9.17) is 16.7 Å². The highest BCUT2D eigenvalue weighted by Gasteiger charge is 2.16. The van der Waals surface area contributed by atoms with E-state index in [0.717, 1.165) is 11.1 Å². The van der Waals surface area contributed by atoms with Crippen LogP contribution in [0.1, 0.15) is 42.9 Å². The predicted molar refractivity (Wildman–Crippen MR) is 98.6 cm³/mol. The molecule has 0 saturated carbocycles. The number of nitrogens with one attached hydrogen (secondary N) is 1. The lowest BCUT2D eigenvalue weighted by Crippen LogP contribution is -2.29. The van der Waals surface area contributed by atoms with Crippen molar-refractivity contribution in [3.05, 3.63) is 70.7 Å². The predicted octanol–water partition coefficient (Wildman–Crippen LogP) is 4.39. The van der Waals surface area contributed by atoms with Gasteiger partial charge in [0.15, 0.2) is 0 Å². The van der Waals surface area contributed by atoms with Gasteiger partial charge in [-0.25, -0.2) is 0 Å². The Balaban J connectivity index is 2.01. The molecule has 0 aromatic heterocycles. The number of aliphatic carboxylic acids is 1. The molecule has 0 saturated heterocycles. The van der Waals surface area contributed by atoms with Gasteiger partial charge in [-0.05, 0) is 36.5 Å². The fourth-order valence-corrected chi connectivity index (χ4v) is 2.86. The van der Waals surface area contributed by atoms with Crippen molar-refractivity contribution in [2.45, 2.75) is 38.1 Å². The summed E-state index contributed by atoms with van der Waals surface area (Å²) in [4.78, 5) is 22.8. The zero-order chi connectivity index (χ0) is 18.1. The monoisotopic (exact) mass is 359 g/mol. The Morgan fingerprint density at radius 1 is 0.960 bits per heavy atom. The van der Waals surface area contributed by atoms with Gasteiger partial charge >= 0.3 is 5.97 Å². The number of halogens is 1. The van der Waals surface area contributed by atoms with Crippen LogP contribution in [0, 0.1) is 0 Å². The Bertz CT molecular complexity index is 703. The SMILES string of the molecule is O=C(O)CCCCC(=O)NC(Cc1ccccc1Cl)c1ccccc1. The first-order valence-electron chi connectivity index (χ1n) is 8.36. The summed E-state index contributed by atoms with van der Waals surface area (Å²) < 4.78 is 0. The molecule has 0 heterocycles. The number of amides is 1. The fourth-order valence-electron chi connectivity index (χ4n) is 2.65. The normalized spacial score (nSPS) is 11.7. The molecular formula is C20H22ClNO3. The number of rotatable bonds is 9. The lowest BCUT2D eigenvalue weighted by Gasteiger charge is -2.20. The van der Waals surface area contributed by atoms with E-state index >= 15 is 0 Å². The third-order valence-corrected chi connectivity index (χ3v) is 4.33. The first kappa shape index (κ1) is 19.0. The van der Waals surface area contributed by atoms with Crippen molar-refractivity contribution in [2.24, 2.45) is 0 Å². The minimum atomic E-state index is -0.832. The van der Waals surface area contributed by atoms with Gasteiger partial charge in [0, 0.05) is 17.9 Å². The Morgan fingerprint density at radius 3 is 2.28 bits per heavy atom. The Morgan fingerprint density at radius 2 is 1.60 bits per heavy atom. The minimum absolute atomic E-state index is 0.0775. The molecule has 0 aliphatic carbocycles. The topological polar surface area (TPSA) is 66.4 Å². The van der Waals surface area contributed by atoms with Crippen LogP contribution in [0.4, 0.5) is 0 Å². The van der Waals surface area contributed by atoms with Gasteiger partial charge in [0.2, 0.25) is 5.91 Å². The lowest BCUT2D eigenvalue weighted by atomic mass is 9.98. The van der Waals surface area contributed by atoms with Crippen LogP contribution in [0.25, 0.3) is 0 Å². The van der Waals surface area contributed by atoms with Crippen LogP contribution < -0.4 is 5.32 Å². The molecule has 2 aromatic carbocycles. The first-order valence-corrected chi connectivity index (χ1v) is 8.73. The average Bonchev–Trinajstić information content (AvgIpc) is 2.60. The van der Waals surface area contributed by atoms with Crippen LogP contribution >= 0.6 is 11.6 Å². The third-order valence-electron chi connectivity index (χ3n) is 3.96. The van der Waals surface area contributed by atoms with Crippen molar-refractivity contribution in [1.29, 1.82) is 0 Å². The zero-order valence-corrected chi connectivity index (χ0v) is 14.7. The standard InChI is InChI=1S/C20H22ClNO3/c21-17-11-5-4-10-16(17)14-18(15-8-2-1-3-9-15)22-19(23)12-6-7-13-20(24)25/h1-5,8-11,18H,6-7,12-14H2,(H,22,23)(H,24,25). The maximum atomic E-state index is 12.3. The molecule has 0 radical (unpaired) electrons. The van der Waals surface area contributed by atoms with Crippen LogP contribution in [0.3, 0.4) is 0 Å². The summed E-state index contributed by atoms with van der Waals surface area (Å²) in [6.07, 6.45) is 2.08. The Hall–Kier alpha value is -2.33. The lowest BCUT2D eigenvalue weighted by molar-refractivity contribution is -0.137. The molecular weight excluding hydrogens is 338 g/mol. The molecule has 25 heavy (non-hydrogen) atoms. The average molecular weight is 360 g/mol. The molecule has 1 unspecified atom stereocenters. The molecule has 4 nitrogen and oxygen atoms in total. The first-order chi connectivity index (χ1) is 12.1. The second-order valence-electron chi connectivity index (χ2n) is 5.93. The van der Waals surface area contributed by atoms with Crippen molar-refractivity contribution in [2.75, 3.05) is 0 Å². The van der Waals surface area contributed by atoms with Gasteiger partial charge in [-0.15, -0.1) is 0 Å². The molecule has 1 amide bonds. The molecule has 0 aliphatic rings. The molecule has 1 atom stereocenters. The molecule has 2 N–H and O–H groups in total. The quantitative estimate of drug-likeness (QED) is 0.653. The van der Waals surface area contributed by atoms with Crippen LogP contribution in [0.2, 0.25) is 5.02 Å². The number of carbonyl (C=O) groups excluding carboxylic acids is 1. The van der Waals surface area contributed by atoms with Gasteiger partial charge < -0.3 is 10.4 Å². The number of hydrogen-bond donors (Lipinski definition) is 2. The number of carboxylic acids is 1. The van der Waals surface area contributed by atoms with E-state index in [1.807, 2.05) is 54.6 Å². The van der Waals surface area contributed by atoms with E-state index in [9.17, 15) is 9.59 Å². The summed E-state index contributed by atoms with van der Waals surface area (Å²) in [5.74, 6) is -0.910. The number of unbranched alkanes of at least 4 members (excludes halogenated alkanes) is 1. The summed E-state index contributed by atoms with van der Waals surface area (Å²) >= 11 is 6.26. The highest BCUT2D eigenvalue weighted by atomic mass is 35.5. The van der Waals surface area contributed by atoms with Crippen LogP contribution in [-0.4, -0.2) is 17.0 Å². The molecule has 0 aliphatic heterocycles. The third kappa shape index (κ3) is 6.59. The van der Waals surface area contributed by atoms with E-state index in [-0.39, 0.29) is 18.4 Å². The van der Waals surface area contributed by atoms with Gasteiger partial charge in [0.1, 0.15) is 0 Å². The molecule has 2 rings (SSSR count). The van der Waals surface area contributed by atoms with Crippen LogP contribution in [0.15, 0.2) is 54.6 Å². The maximum absolute atomic E-state index is 12.3. The second kappa shape index (κ2) is 9.84. The Kier molecular flexibility index (Phi) is 7.48. The molecule has 0 bridgehead atoms. The molecule has 0 fully saturated rings. The van der Waals surface area contributed by atoms with E-state index in [0.29, 0.717) is 30.7 Å². The van der Waals surface area contributed by atoms with Crippen molar-refractivity contribution in [3.63, 3.8) is 0 Å². The van der Waals surface area contributed by atoms with Crippen LogP contribution in [0.5, 0.6) is 0 Å². The number of carbonyl (C=O) groups is 2. The smallest absolute Gasteiger partial charge is 0.303 e. The maximum Gasteiger partial charge on any atom is 0.303 e. The van der Waals surface area contributed by atoms with E-state index in [1.54, 1.807) is 0 Å². The van der Waals surface area contributed by atoms with E-state index in [2.05, 4.69) is 5.32 Å². The van der Waals surface area contributed by atoms with Gasteiger partial charge in [0.25, 0.3) is 0 Å². The van der Waals surface area contributed by atoms with Crippen molar-refractivity contribution < 1.29 is 14.7 Å². The van der Waals surface area contributed by atoms with E-state index in [1.165, 1.54) is 0 Å². The Labute approximate surface area is 152 Å². The number of carboxylic acid groups (broad SMARTS) is 1. The number of benzene rings is 2. The summed E-state index contributed by atoms with van der Waals surface area (Å²) in [7, 11) is 0. The highest BCUT2D eigenvalue weighted by Crippen LogP contribution is 2.23. The van der Waals surface area contributed by atoms with Gasteiger partial charge in [-0.3, -0.25) is 9.59 Å². The highest BCUT2D eigenvalue weighted by molar-refractivity contribution is 6.31. The van der Waals surface area contributed by atoms with E-state index < -0.39 is 5.97 Å². The summed E-state index contributed by atoms with van der Waals surface area (Å²) in [6, 6.07) is 17.2. The molecule has 132 valence electrons. The summed E-state index contributed by atoms with van der Waals surface area (Å²) in [5, 5.41) is 12.4. The molecule has 5 heteroatoms. The largest absolute Gasteiger partial charge is 0.481 e. The molecule has 0 spiro atoms.